The fourth-order valence-electron chi connectivity index (χ4n) is 3.01. The molecule has 3 rings (SSSR count). The smallest absolute Gasteiger partial charge is 0.387 e. The van der Waals surface area contributed by atoms with E-state index in [0.717, 1.165) is 12.1 Å². The van der Waals surface area contributed by atoms with Gasteiger partial charge in [-0.15, -0.1) is 0 Å². The monoisotopic (exact) mass is 404 g/mol. The van der Waals surface area contributed by atoms with Crippen molar-refractivity contribution in [3.63, 3.8) is 0 Å². The van der Waals surface area contributed by atoms with Gasteiger partial charge < -0.3 is 10.2 Å². The first-order valence-electron chi connectivity index (χ1n) is 8.47. The minimum atomic E-state index is -1.59. The maximum absolute atomic E-state index is 11.3. The lowest BCUT2D eigenvalue weighted by molar-refractivity contribution is 0.0552. The van der Waals surface area contributed by atoms with Crippen LogP contribution >= 0.6 is 0 Å². The van der Waals surface area contributed by atoms with Gasteiger partial charge in [0, 0.05) is 0 Å². The highest BCUT2D eigenvalue weighted by molar-refractivity contribution is 6.03. The highest BCUT2D eigenvalue weighted by atomic mass is 16.4. The first-order valence-corrected chi connectivity index (χ1v) is 8.47. The van der Waals surface area contributed by atoms with E-state index < -0.39 is 46.1 Å². The Morgan fingerprint density at radius 1 is 0.467 bits per heavy atom. The summed E-state index contributed by atoms with van der Waals surface area (Å²) in [6.07, 6.45) is 0. The van der Waals surface area contributed by atoms with Gasteiger partial charge in [-0.3, -0.25) is 0 Å². The highest BCUT2D eigenvalue weighted by Gasteiger charge is 2.19. The Morgan fingerprint density at radius 3 is 1.03 bits per heavy atom. The van der Waals surface area contributed by atoms with Gasteiger partial charge in [-0.25, -0.2) is 29.4 Å². The van der Waals surface area contributed by atoms with E-state index in [1.807, 2.05) is 0 Å². The van der Waals surface area contributed by atoms with E-state index >= 15 is 0 Å². The Hall–Kier alpha value is -4.46. The predicted molar refractivity (Wildman–Crippen MR) is 101 cm³/mol. The van der Waals surface area contributed by atoms with Crippen LogP contribution < -0.4 is 0 Å². The highest BCUT2D eigenvalue weighted by Crippen LogP contribution is 2.28. The molecule has 0 amide bonds. The third-order valence-corrected chi connectivity index (χ3v) is 4.49. The van der Waals surface area contributed by atoms with Gasteiger partial charge >= 0.3 is 23.9 Å². The normalized spacial score (nSPS) is 10.4. The summed E-state index contributed by atoms with van der Waals surface area (Å²) in [6.45, 7) is 0. The Bertz CT molecular complexity index is 1100. The molecule has 2 radical (unpaired) electrons. The summed E-state index contributed by atoms with van der Waals surface area (Å²) in [5.74, 6) is -5.99. The van der Waals surface area contributed by atoms with E-state index in [0.29, 0.717) is 22.3 Å². The van der Waals surface area contributed by atoms with E-state index in [1.165, 1.54) is 24.3 Å². The van der Waals surface area contributed by atoms with Crippen molar-refractivity contribution in [1.82, 2.24) is 0 Å². The van der Waals surface area contributed by atoms with Crippen LogP contribution in [0.25, 0.3) is 22.3 Å². The number of carbonyl (C=O) groups excluding carboxylic acids is 2. The third kappa shape index (κ3) is 3.88. The maximum atomic E-state index is 11.3. The number of benzene rings is 3. The van der Waals surface area contributed by atoms with E-state index in [2.05, 4.69) is 0 Å². The molecule has 0 aromatic heterocycles. The Morgan fingerprint density at radius 2 is 0.767 bits per heavy atom. The Labute approximate surface area is 169 Å². The lowest BCUT2D eigenvalue weighted by Gasteiger charge is -2.09. The van der Waals surface area contributed by atoms with Gasteiger partial charge in [0.2, 0.25) is 0 Å². The largest absolute Gasteiger partial charge is 0.478 e. The fraction of sp³-hybridized carbons (Fsp3) is 0. The summed E-state index contributed by atoms with van der Waals surface area (Å²) in [7, 11) is 0. The number of aromatic carboxylic acids is 2. The molecular weight excluding hydrogens is 392 g/mol. The van der Waals surface area contributed by atoms with Crippen molar-refractivity contribution in [2.45, 2.75) is 0 Å². The molecule has 0 atom stereocenters. The molecule has 8 heteroatoms. The molecule has 0 saturated heterocycles. The molecule has 0 aliphatic heterocycles. The number of carbonyl (C=O) groups is 4. The molecular formula is C22H12O8. The molecule has 0 fully saturated rings. The molecule has 3 aromatic carbocycles. The number of hydrogen-bond donors (Lipinski definition) is 2. The van der Waals surface area contributed by atoms with Crippen LogP contribution in [-0.2, 0) is 10.2 Å². The molecule has 30 heavy (non-hydrogen) atoms. The van der Waals surface area contributed by atoms with E-state index in [1.54, 1.807) is 24.3 Å². The second-order valence-corrected chi connectivity index (χ2v) is 6.28. The van der Waals surface area contributed by atoms with Crippen molar-refractivity contribution in [1.29, 1.82) is 0 Å². The van der Waals surface area contributed by atoms with E-state index in [-0.39, 0.29) is 0 Å². The molecule has 0 heterocycles. The second kappa shape index (κ2) is 7.88. The van der Waals surface area contributed by atoms with Gasteiger partial charge in [-0.1, -0.05) is 36.4 Å². The van der Waals surface area contributed by atoms with Crippen molar-refractivity contribution in [3.05, 3.63) is 82.9 Å². The number of carboxylic acid groups (broad SMARTS) is 2. The van der Waals surface area contributed by atoms with Crippen LogP contribution in [0.3, 0.4) is 0 Å². The Balaban J connectivity index is 2.00. The molecule has 148 valence electrons. The standard InChI is InChI=1S/C22H12O8/c23-19(24)15-7-5-13(9-17(15)21(27)28)11-1-2-12(4-3-11)14-6-8-16(20(25)26)18(10-14)22(29)30/h1-10H,(H,27,28)(H,29,30). The topological polar surface area (TPSA) is 149 Å². The van der Waals surface area contributed by atoms with Gasteiger partial charge in [0.05, 0.1) is 22.3 Å². The third-order valence-electron chi connectivity index (χ3n) is 4.49. The van der Waals surface area contributed by atoms with Crippen LogP contribution in [0, 0.1) is 0 Å². The summed E-state index contributed by atoms with van der Waals surface area (Å²) in [4.78, 5) is 44.8. The summed E-state index contributed by atoms with van der Waals surface area (Å²) in [5, 5.41) is 40.6. The summed E-state index contributed by atoms with van der Waals surface area (Å²) in [6, 6.07) is 14.2. The molecule has 0 spiro atoms. The second-order valence-electron chi connectivity index (χ2n) is 6.28. The molecule has 0 saturated carbocycles. The first-order chi connectivity index (χ1) is 14.2. The lowest BCUT2D eigenvalue weighted by atomic mass is 9.95. The molecule has 0 aliphatic carbocycles. The lowest BCUT2D eigenvalue weighted by Crippen LogP contribution is -2.07. The molecule has 3 aromatic rings. The van der Waals surface area contributed by atoms with Gasteiger partial charge in [0.25, 0.3) is 0 Å². The van der Waals surface area contributed by atoms with Gasteiger partial charge in [-0.2, -0.15) is 0 Å². The van der Waals surface area contributed by atoms with Crippen LogP contribution in [0.4, 0.5) is 0 Å². The first kappa shape index (κ1) is 20.3. The maximum Gasteiger partial charge on any atom is 0.387 e. The number of carboxylic acids is 2. The van der Waals surface area contributed by atoms with Crippen LogP contribution in [0.2, 0.25) is 0 Å². The van der Waals surface area contributed by atoms with Crippen molar-refractivity contribution in [2.24, 2.45) is 0 Å². The molecule has 0 aliphatic rings. The molecule has 8 nitrogen and oxygen atoms in total. The van der Waals surface area contributed by atoms with Crippen molar-refractivity contribution < 1.29 is 39.6 Å². The van der Waals surface area contributed by atoms with Crippen LogP contribution in [0.15, 0.2) is 60.7 Å². The Kier molecular flexibility index (Phi) is 5.33. The predicted octanol–water partition coefficient (Wildman–Crippen LogP) is 3.56. The van der Waals surface area contributed by atoms with E-state index in [4.69, 9.17) is 0 Å². The molecule has 0 unspecified atom stereocenters. The zero-order valence-electron chi connectivity index (χ0n) is 15.1. The van der Waals surface area contributed by atoms with Crippen molar-refractivity contribution in [3.8, 4) is 22.3 Å². The summed E-state index contributed by atoms with van der Waals surface area (Å²) < 4.78 is 0. The summed E-state index contributed by atoms with van der Waals surface area (Å²) >= 11 is 0. The van der Waals surface area contributed by atoms with Gasteiger partial charge in [0.15, 0.2) is 0 Å². The fourth-order valence-corrected chi connectivity index (χ4v) is 3.01. The SMILES string of the molecule is [O]C(=O)c1ccc(-c2ccc(-c3ccc(C([O])=O)c(C(=O)O)c3)cc2)cc1C(=O)O. The van der Waals surface area contributed by atoms with Crippen LogP contribution in [-0.4, -0.2) is 34.1 Å². The van der Waals surface area contributed by atoms with Crippen LogP contribution in [0.5, 0.6) is 0 Å². The minimum Gasteiger partial charge on any atom is -0.478 e. The zero-order valence-corrected chi connectivity index (χ0v) is 15.1. The zero-order chi connectivity index (χ0) is 22.0. The summed E-state index contributed by atoms with van der Waals surface area (Å²) in [5.41, 5.74) is 0.437. The molecule has 0 bridgehead atoms. The quantitative estimate of drug-likeness (QED) is 0.641. The van der Waals surface area contributed by atoms with Gasteiger partial charge in [-0.05, 0) is 46.5 Å². The molecule has 2 N–H and O–H groups in total. The average Bonchev–Trinajstić information content (AvgIpc) is 2.72. The van der Waals surface area contributed by atoms with Gasteiger partial charge in [0.1, 0.15) is 0 Å². The average molecular weight is 404 g/mol. The van der Waals surface area contributed by atoms with Crippen molar-refractivity contribution >= 4 is 23.9 Å². The van der Waals surface area contributed by atoms with Crippen LogP contribution in [0.1, 0.15) is 41.4 Å². The minimum absolute atomic E-state index is 0.402. The van der Waals surface area contributed by atoms with E-state index in [9.17, 15) is 39.6 Å². The number of hydrogen-bond acceptors (Lipinski definition) is 4. The number of rotatable bonds is 6. The van der Waals surface area contributed by atoms with Crippen molar-refractivity contribution in [2.75, 3.05) is 0 Å².